The molecule has 0 saturated heterocycles. The van der Waals surface area contributed by atoms with Crippen LogP contribution < -0.4 is 9.54 Å². The number of aryl methyl sites for hydroxylation is 3. The van der Waals surface area contributed by atoms with E-state index in [1.54, 1.807) is 25.3 Å². The minimum Gasteiger partial charge on any atom is -0.497 e. The molecule has 1 heterocycles. The summed E-state index contributed by atoms with van der Waals surface area (Å²) in [6, 6.07) is 11.3. The number of hydrogen-bond donors (Lipinski definition) is 0. The molecule has 0 atom stereocenters. The average Bonchev–Trinajstić information content (AvgIpc) is 2.84. The lowest BCUT2D eigenvalue weighted by Crippen LogP contribution is -2.13. The standard InChI is InChI=1S/C18H18N2O2S/c1-11-8-12(2)16-15(9-11)20(3)18(23-16)19-17(21)13-6-5-7-14(10-13)22-4/h5-10H,1-4H3. The fourth-order valence-corrected chi connectivity index (χ4v) is 3.65. The average molecular weight is 326 g/mol. The Bertz CT molecular complexity index is 967. The van der Waals surface area contributed by atoms with E-state index in [9.17, 15) is 4.79 Å². The highest BCUT2D eigenvalue weighted by Gasteiger charge is 2.09. The summed E-state index contributed by atoms with van der Waals surface area (Å²) in [7, 11) is 3.52. The van der Waals surface area contributed by atoms with Crippen LogP contribution in [0.15, 0.2) is 41.4 Å². The van der Waals surface area contributed by atoms with E-state index in [1.807, 2.05) is 17.7 Å². The molecule has 3 rings (SSSR count). The highest BCUT2D eigenvalue weighted by Crippen LogP contribution is 2.22. The van der Waals surface area contributed by atoms with E-state index in [0.29, 0.717) is 16.1 Å². The maximum Gasteiger partial charge on any atom is 0.279 e. The quantitative estimate of drug-likeness (QED) is 0.722. The summed E-state index contributed by atoms with van der Waals surface area (Å²) in [6.07, 6.45) is 0. The molecule has 23 heavy (non-hydrogen) atoms. The number of aromatic nitrogens is 1. The van der Waals surface area contributed by atoms with Crippen LogP contribution in [0.2, 0.25) is 0 Å². The molecule has 5 heteroatoms. The van der Waals surface area contributed by atoms with Gasteiger partial charge in [0.15, 0.2) is 4.80 Å². The fourth-order valence-electron chi connectivity index (χ4n) is 2.58. The van der Waals surface area contributed by atoms with Crippen molar-refractivity contribution in [3.05, 3.63) is 57.9 Å². The minimum atomic E-state index is -0.263. The molecule has 0 spiro atoms. The Balaban J connectivity index is 2.12. The van der Waals surface area contributed by atoms with E-state index in [4.69, 9.17) is 4.74 Å². The zero-order valence-corrected chi connectivity index (χ0v) is 14.4. The van der Waals surface area contributed by atoms with Crippen molar-refractivity contribution >= 4 is 27.5 Å². The first-order chi connectivity index (χ1) is 11.0. The number of rotatable bonds is 2. The van der Waals surface area contributed by atoms with Gasteiger partial charge in [0.1, 0.15) is 5.75 Å². The van der Waals surface area contributed by atoms with E-state index in [0.717, 1.165) is 10.2 Å². The molecule has 0 aliphatic heterocycles. The van der Waals surface area contributed by atoms with E-state index < -0.39 is 0 Å². The summed E-state index contributed by atoms with van der Waals surface area (Å²) in [5.41, 5.74) is 4.03. The molecular formula is C18H18N2O2S. The molecule has 0 unspecified atom stereocenters. The summed E-state index contributed by atoms with van der Waals surface area (Å²) < 4.78 is 8.29. The van der Waals surface area contributed by atoms with Crippen molar-refractivity contribution < 1.29 is 9.53 Å². The number of fused-ring (bicyclic) bond motifs is 1. The monoisotopic (exact) mass is 326 g/mol. The molecule has 1 amide bonds. The molecule has 4 nitrogen and oxygen atoms in total. The van der Waals surface area contributed by atoms with Crippen molar-refractivity contribution in [2.75, 3.05) is 7.11 Å². The molecule has 0 aliphatic rings. The van der Waals surface area contributed by atoms with Gasteiger partial charge in [-0.1, -0.05) is 23.5 Å². The maximum absolute atomic E-state index is 12.4. The lowest BCUT2D eigenvalue weighted by atomic mass is 10.1. The molecule has 118 valence electrons. The summed E-state index contributed by atoms with van der Waals surface area (Å²) in [5, 5.41) is 0. The van der Waals surface area contributed by atoms with Crippen LogP contribution in [-0.2, 0) is 7.05 Å². The third-order valence-corrected chi connectivity index (χ3v) is 5.04. The number of methoxy groups -OCH3 is 1. The van der Waals surface area contributed by atoms with Gasteiger partial charge >= 0.3 is 0 Å². The summed E-state index contributed by atoms with van der Waals surface area (Å²) in [4.78, 5) is 17.4. The number of hydrogen-bond acceptors (Lipinski definition) is 3. The van der Waals surface area contributed by atoms with Crippen LogP contribution in [0.5, 0.6) is 5.75 Å². The van der Waals surface area contributed by atoms with Crippen LogP contribution in [0.4, 0.5) is 0 Å². The van der Waals surface area contributed by atoms with Gasteiger partial charge in [0.05, 0.1) is 17.3 Å². The smallest absolute Gasteiger partial charge is 0.279 e. The number of carbonyl (C=O) groups excluding carboxylic acids is 1. The Kier molecular flexibility index (Phi) is 4.05. The number of carbonyl (C=O) groups is 1. The highest BCUT2D eigenvalue weighted by molar-refractivity contribution is 7.16. The molecule has 0 radical (unpaired) electrons. The Morgan fingerprint density at radius 1 is 1.22 bits per heavy atom. The Morgan fingerprint density at radius 3 is 2.74 bits per heavy atom. The van der Waals surface area contributed by atoms with E-state index in [-0.39, 0.29) is 5.91 Å². The van der Waals surface area contributed by atoms with Gasteiger partial charge in [-0.2, -0.15) is 4.99 Å². The second kappa shape index (κ2) is 6.01. The summed E-state index contributed by atoms with van der Waals surface area (Å²) in [6.45, 7) is 4.15. The Morgan fingerprint density at radius 2 is 2.00 bits per heavy atom. The van der Waals surface area contributed by atoms with Gasteiger partial charge in [-0.15, -0.1) is 0 Å². The number of nitrogens with zero attached hydrogens (tertiary/aromatic N) is 2. The first-order valence-electron chi connectivity index (χ1n) is 7.29. The molecular weight excluding hydrogens is 308 g/mol. The summed E-state index contributed by atoms with van der Waals surface area (Å²) in [5.74, 6) is 0.388. The Hall–Kier alpha value is -2.40. The van der Waals surface area contributed by atoms with Crippen LogP contribution in [0.1, 0.15) is 21.5 Å². The second-order valence-corrected chi connectivity index (χ2v) is 6.50. The second-order valence-electron chi connectivity index (χ2n) is 5.52. The molecule has 0 saturated carbocycles. The zero-order valence-electron chi connectivity index (χ0n) is 13.6. The lowest BCUT2D eigenvalue weighted by molar-refractivity contribution is 0.0997. The van der Waals surface area contributed by atoms with Crippen LogP contribution in [-0.4, -0.2) is 17.6 Å². The summed E-state index contributed by atoms with van der Waals surface area (Å²) >= 11 is 1.54. The van der Waals surface area contributed by atoms with Crippen molar-refractivity contribution in [3.8, 4) is 5.75 Å². The third kappa shape index (κ3) is 2.92. The number of benzene rings is 2. The molecule has 0 bridgehead atoms. The Labute approximate surface area is 138 Å². The number of thiazole rings is 1. The van der Waals surface area contributed by atoms with Gasteiger partial charge in [0.2, 0.25) is 0 Å². The van der Waals surface area contributed by atoms with Gasteiger partial charge in [0.25, 0.3) is 5.91 Å². The SMILES string of the molecule is COc1cccc(C(=O)N=c2sc3c(C)cc(C)cc3n2C)c1. The van der Waals surface area contributed by atoms with E-state index >= 15 is 0 Å². The van der Waals surface area contributed by atoms with Crippen molar-refractivity contribution in [2.45, 2.75) is 13.8 Å². The largest absolute Gasteiger partial charge is 0.497 e. The van der Waals surface area contributed by atoms with Gasteiger partial charge in [-0.25, -0.2) is 0 Å². The fraction of sp³-hybridized carbons (Fsp3) is 0.222. The molecule has 0 aliphatic carbocycles. The third-order valence-electron chi connectivity index (χ3n) is 3.75. The van der Waals surface area contributed by atoms with E-state index in [2.05, 4.69) is 31.0 Å². The van der Waals surface area contributed by atoms with Gasteiger partial charge in [0, 0.05) is 12.6 Å². The molecule has 0 fully saturated rings. The van der Waals surface area contributed by atoms with Crippen LogP contribution in [0.25, 0.3) is 10.2 Å². The minimum absolute atomic E-state index is 0.263. The number of amides is 1. The van der Waals surface area contributed by atoms with Crippen molar-refractivity contribution in [3.63, 3.8) is 0 Å². The molecule has 3 aromatic rings. The predicted molar refractivity (Wildman–Crippen MR) is 93.2 cm³/mol. The predicted octanol–water partition coefficient (Wildman–Crippen LogP) is 3.61. The highest BCUT2D eigenvalue weighted by atomic mass is 32.1. The lowest BCUT2D eigenvalue weighted by Gasteiger charge is -2.01. The van der Waals surface area contributed by atoms with Crippen LogP contribution in [0, 0.1) is 13.8 Å². The molecule has 1 aromatic heterocycles. The van der Waals surface area contributed by atoms with Gasteiger partial charge < -0.3 is 9.30 Å². The zero-order chi connectivity index (χ0) is 16.6. The van der Waals surface area contributed by atoms with E-state index in [1.165, 1.54) is 22.5 Å². The normalized spacial score (nSPS) is 11.9. The topological polar surface area (TPSA) is 43.6 Å². The first-order valence-corrected chi connectivity index (χ1v) is 8.11. The maximum atomic E-state index is 12.4. The molecule has 2 aromatic carbocycles. The van der Waals surface area contributed by atoms with Gasteiger partial charge in [-0.3, -0.25) is 4.79 Å². The van der Waals surface area contributed by atoms with Crippen LogP contribution in [0.3, 0.4) is 0 Å². The van der Waals surface area contributed by atoms with Crippen LogP contribution >= 0.6 is 11.3 Å². The van der Waals surface area contributed by atoms with Gasteiger partial charge in [-0.05, 0) is 49.2 Å². The van der Waals surface area contributed by atoms with Crippen molar-refractivity contribution in [1.29, 1.82) is 0 Å². The van der Waals surface area contributed by atoms with Crippen molar-refractivity contribution in [2.24, 2.45) is 12.0 Å². The van der Waals surface area contributed by atoms with Crippen molar-refractivity contribution in [1.82, 2.24) is 4.57 Å². The first kappa shape index (κ1) is 15.5. The molecule has 0 N–H and O–H groups in total. The number of ether oxygens (including phenoxy) is 1.